The molecule has 0 atom stereocenters. The SMILES string of the molecule is CNS(=O)(=O)Cc1ccc(CNC(=O)C2CCN(c3nc4ccccc4o3)CC2)cc1. The summed E-state index contributed by atoms with van der Waals surface area (Å²) in [6, 6.07) is 15.5. The number of para-hydroxylation sites is 2. The van der Waals surface area contributed by atoms with Gasteiger partial charge in [-0.15, -0.1) is 0 Å². The zero-order chi connectivity index (χ0) is 21.8. The Hall–Kier alpha value is -2.91. The van der Waals surface area contributed by atoms with Crippen molar-refractivity contribution in [3.05, 3.63) is 59.7 Å². The molecule has 0 spiro atoms. The summed E-state index contributed by atoms with van der Waals surface area (Å²) in [5, 5.41) is 3.00. The number of fused-ring (bicyclic) bond motifs is 1. The third-order valence-electron chi connectivity index (χ3n) is 5.58. The number of amides is 1. The van der Waals surface area contributed by atoms with Crippen LogP contribution in [0.3, 0.4) is 0 Å². The van der Waals surface area contributed by atoms with Crippen molar-refractivity contribution in [3.8, 4) is 0 Å². The highest BCUT2D eigenvalue weighted by Crippen LogP contribution is 2.26. The van der Waals surface area contributed by atoms with E-state index in [0.717, 1.165) is 42.6 Å². The lowest BCUT2D eigenvalue weighted by Gasteiger charge is -2.30. The highest BCUT2D eigenvalue weighted by atomic mass is 32.2. The topological polar surface area (TPSA) is 105 Å². The number of hydrogen-bond donors (Lipinski definition) is 2. The van der Waals surface area contributed by atoms with E-state index < -0.39 is 10.0 Å². The predicted molar refractivity (Wildman–Crippen MR) is 119 cm³/mol. The van der Waals surface area contributed by atoms with E-state index in [1.165, 1.54) is 7.05 Å². The molecule has 1 amide bonds. The lowest BCUT2D eigenvalue weighted by molar-refractivity contribution is -0.125. The van der Waals surface area contributed by atoms with E-state index in [-0.39, 0.29) is 17.6 Å². The van der Waals surface area contributed by atoms with Crippen LogP contribution in [0.15, 0.2) is 52.9 Å². The van der Waals surface area contributed by atoms with E-state index >= 15 is 0 Å². The number of carbonyl (C=O) groups excluding carboxylic acids is 1. The largest absolute Gasteiger partial charge is 0.423 e. The van der Waals surface area contributed by atoms with Gasteiger partial charge in [-0.25, -0.2) is 13.1 Å². The third-order valence-corrected chi connectivity index (χ3v) is 6.91. The highest BCUT2D eigenvalue weighted by molar-refractivity contribution is 7.88. The van der Waals surface area contributed by atoms with Gasteiger partial charge in [0, 0.05) is 25.6 Å². The molecule has 0 unspecified atom stereocenters. The Morgan fingerprint density at radius 1 is 1.10 bits per heavy atom. The maximum absolute atomic E-state index is 12.6. The van der Waals surface area contributed by atoms with Gasteiger partial charge in [-0.3, -0.25) is 4.79 Å². The summed E-state index contributed by atoms with van der Waals surface area (Å²) in [6.07, 6.45) is 1.48. The number of benzene rings is 2. The van der Waals surface area contributed by atoms with Crippen LogP contribution in [-0.4, -0.2) is 39.4 Å². The molecule has 2 heterocycles. The van der Waals surface area contributed by atoms with Crippen LogP contribution in [0.4, 0.5) is 6.01 Å². The quantitative estimate of drug-likeness (QED) is 0.582. The first-order valence-corrected chi connectivity index (χ1v) is 12.0. The van der Waals surface area contributed by atoms with E-state index in [9.17, 15) is 13.2 Å². The molecule has 1 aliphatic rings. The van der Waals surface area contributed by atoms with Crippen molar-refractivity contribution in [2.24, 2.45) is 5.92 Å². The maximum atomic E-state index is 12.6. The monoisotopic (exact) mass is 442 g/mol. The summed E-state index contributed by atoms with van der Waals surface area (Å²) in [5.74, 6) is -0.0610. The summed E-state index contributed by atoms with van der Waals surface area (Å²) < 4.78 is 31.4. The van der Waals surface area contributed by atoms with Crippen molar-refractivity contribution in [1.29, 1.82) is 0 Å². The lowest BCUT2D eigenvalue weighted by Crippen LogP contribution is -2.40. The average molecular weight is 443 g/mol. The first-order valence-electron chi connectivity index (χ1n) is 10.3. The zero-order valence-electron chi connectivity index (χ0n) is 17.4. The fourth-order valence-electron chi connectivity index (χ4n) is 3.71. The normalized spacial score (nSPS) is 15.3. The van der Waals surface area contributed by atoms with Gasteiger partial charge in [0.2, 0.25) is 15.9 Å². The second-order valence-corrected chi connectivity index (χ2v) is 9.65. The minimum atomic E-state index is -3.29. The predicted octanol–water partition coefficient (Wildman–Crippen LogP) is 2.41. The lowest BCUT2D eigenvalue weighted by atomic mass is 9.96. The Morgan fingerprint density at radius 2 is 1.77 bits per heavy atom. The summed E-state index contributed by atoms with van der Waals surface area (Å²) >= 11 is 0. The number of hydrogen-bond acceptors (Lipinski definition) is 6. The zero-order valence-corrected chi connectivity index (χ0v) is 18.2. The second kappa shape index (κ2) is 9.07. The second-order valence-electron chi connectivity index (χ2n) is 7.72. The number of carbonyl (C=O) groups is 1. The van der Waals surface area contributed by atoms with Crippen molar-refractivity contribution in [3.63, 3.8) is 0 Å². The van der Waals surface area contributed by atoms with Crippen molar-refractivity contribution in [2.75, 3.05) is 25.0 Å². The van der Waals surface area contributed by atoms with Crippen molar-refractivity contribution in [1.82, 2.24) is 15.0 Å². The summed E-state index contributed by atoms with van der Waals surface area (Å²) in [5.41, 5.74) is 3.25. The molecule has 3 aromatic rings. The molecule has 4 rings (SSSR count). The first-order chi connectivity index (χ1) is 14.9. The van der Waals surface area contributed by atoms with Gasteiger partial charge in [0.25, 0.3) is 6.01 Å². The molecule has 1 aromatic heterocycles. The first kappa shape index (κ1) is 21.3. The van der Waals surface area contributed by atoms with Gasteiger partial charge in [0.05, 0.1) is 5.75 Å². The van der Waals surface area contributed by atoms with Crippen molar-refractivity contribution in [2.45, 2.75) is 25.1 Å². The van der Waals surface area contributed by atoms with Crippen LogP contribution in [0.1, 0.15) is 24.0 Å². The Bertz CT molecular complexity index is 1120. The molecule has 31 heavy (non-hydrogen) atoms. The molecular formula is C22H26N4O4S. The van der Waals surface area contributed by atoms with E-state index in [1.807, 2.05) is 36.4 Å². The van der Waals surface area contributed by atoms with Crippen LogP contribution in [0, 0.1) is 5.92 Å². The Balaban J connectivity index is 1.26. The molecule has 0 bridgehead atoms. The van der Waals surface area contributed by atoms with E-state index in [2.05, 4.69) is 19.9 Å². The summed E-state index contributed by atoms with van der Waals surface area (Å²) in [6.45, 7) is 1.86. The van der Waals surface area contributed by atoms with Gasteiger partial charge >= 0.3 is 0 Å². The highest BCUT2D eigenvalue weighted by Gasteiger charge is 2.27. The number of sulfonamides is 1. The summed E-state index contributed by atoms with van der Waals surface area (Å²) in [4.78, 5) is 19.2. The van der Waals surface area contributed by atoms with Crippen molar-refractivity contribution >= 4 is 33.0 Å². The average Bonchev–Trinajstić information content (AvgIpc) is 3.23. The van der Waals surface area contributed by atoms with E-state index in [4.69, 9.17) is 4.42 Å². The Morgan fingerprint density at radius 3 is 2.45 bits per heavy atom. The molecule has 2 N–H and O–H groups in total. The number of nitrogens with zero attached hydrogens (tertiary/aromatic N) is 2. The minimum absolute atomic E-state index is 0.0408. The number of rotatable bonds is 7. The Labute approximate surface area is 181 Å². The van der Waals surface area contributed by atoms with Gasteiger partial charge in [0.15, 0.2) is 5.58 Å². The fraction of sp³-hybridized carbons (Fsp3) is 0.364. The van der Waals surface area contributed by atoms with Gasteiger partial charge < -0.3 is 14.6 Å². The Kier molecular flexibility index (Phi) is 6.24. The van der Waals surface area contributed by atoms with Gasteiger partial charge in [-0.2, -0.15) is 4.98 Å². The maximum Gasteiger partial charge on any atom is 0.298 e. The van der Waals surface area contributed by atoms with Crippen LogP contribution in [-0.2, 0) is 27.1 Å². The number of piperidine rings is 1. The molecule has 0 saturated carbocycles. The van der Waals surface area contributed by atoms with Gasteiger partial charge in [-0.05, 0) is 43.1 Å². The molecule has 2 aromatic carbocycles. The molecule has 1 aliphatic heterocycles. The number of oxazole rings is 1. The molecule has 164 valence electrons. The van der Waals surface area contributed by atoms with Crippen LogP contribution < -0.4 is 14.9 Å². The smallest absolute Gasteiger partial charge is 0.298 e. The standard InChI is InChI=1S/C22H26N4O4S/c1-23-31(28,29)15-17-8-6-16(7-9-17)14-24-21(27)18-10-12-26(13-11-18)22-25-19-4-2-3-5-20(19)30-22/h2-9,18,23H,10-15H2,1H3,(H,24,27). The number of anilines is 1. The minimum Gasteiger partial charge on any atom is -0.423 e. The van der Waals surface area contributed by atoms with E-state index in [0.29, 0.717) is 18.1 Å². The van der Waals surface area contributed by atoms with Gasteiger partial charge in [-0.1, -0.05) is 36.4 Å². The number of aromatic nitrogens is 1. The molecule has 0 aliphatic carbocycles. The van der Waals surface area contributed by atoms with Crippen LogP contribution >= 0.6 is 0 Å². The van der Waals surface area contributed by atoms with Gasteiger partial charge in [0.1, 0.15) is 5.52 Å². The van der Waals surface area contributed by atoms with Crippen LogP contribution in [0.25, 0.3) is 11.1 Å². The van der Waals surface area contributed by atoms with Crippen LogP contribution in [0.2, 0.25) is 0 Å². The fourth-order valence-corrected chi connectivity index (χ4v) is 4.48. The molecule has 1 fully saturated rings. The third kappa shape index (κ3) is 5.23. The summed E-state index contributed by atoms with van der Waals surface area (Å²) in [7, 11) is -1.89. The molecule has 9 heteroatoms. The molecule has 0 radical (unpaired) electrons. The number of nitrogens with one attached hydrogen (secondary N) is 2. The van der Waals surface area contributed by atoms with Crippen LogP contribution in [0.5, 0.6) is 0 Å². The molecule has 8 nitrogen and oxygen atoms in total. The van der Waals surface area contributed by atoms with Crippen molar-refractivity contribution < 1.29 is 17.6 Å². The molecule has 1 saturated heterocycles. The van der Waals surface area contributed by atoms with E-state index in [1.54, 1.807) is 12.1 Å². The molecular weight excluding hydrogens is 416 g/mol.